The van der Waals surface area contributed by atoms with Gasteiger partial charge in [-0.25, -0.2) is 4.98 Å². The lowest BCUT2D eigenvalue weighted by Gasteiger charge is -2.15. The van der Waals surface area contributed by atoms with E-state index >= 15 is 0 Å². The van der Waals surface area contributed by atoms with Gasteiger partial charge in [0.05, 0.1) is 35.4 Å². The SMILES string of the molecule is C/C(Cl)=C\C=C/c1nc(NSN(O)c2ccc(N)cc2)cnc1C. The first-order valence-electron chi connectivity index (χ1n) is 7.07. The molecule has 0 spiro atoms. The highest BCUT2D eigenvalue weighted by Gasteiger charge is 2.06. The van der Waals surface area contributed by atoms with E-state index in [-0.39, 0.29) is 0 Å². The van der Waals surface area contributed by atoms with Crippen molar-refractivity contribution in [1.29, 1.82) is 0 Å². The Kier molecular flexibility index (Phi) is 6.48. The first kappa shape index (κ1) is 18.1. The summed E-state index contributed by atoms with van der Waals surface area (Å²) < 4.78 is 3.92. The van der Waals surface area contributed by atoms with E-state index in [0.29, 0.717) is 27.9 Å². The minimum Gasteiger partial charge on any atom is -0.399 e. The minimum atomic E-state index is 0.520. The highest BCUT2D eigenvalue weighted by molar-refractivity contribution is 8.01. The molecule has 0 aliphatic rings. The molecule has 0 fully saturated rings. The number of halogens is 1. The van der Waals surface area contributed by atoms with Gasteiger partial charge in [-0.15, -0.1) is 0 Å². The summed E-state index contributed by atoms with van der Waals surface area (Å²) >= 11 is 6.75. The van der Waals surface area contributed by atoms with Crippen LogP contribution in [0.15, 0.2) is 47.6 Å². The van der Waals surface area contributed by atoms with Crippen molar-refractivity contribution >= 4 is 47.0 Å². The van der Waals surface area contributed by atoms with Crippen LogP contribution < -0.4 is 14.9 Å². The molecule has 0 saturated carbocycles. The van der Waals surface area contributed by atoms with Crippen LogP contribution in [0.4, 0.5) is 17.2 Å². The zero-order chi connectivity index (χ0) is 17.5. The van der Waals surface area contributed by atoms with Crippen molar-refractivity contribution in [3.8, 4) is 0 Å². The summed E-state index contributed by atoms with van der Waals surface area (Å²) in [4.78, 5) is 8.72. The summed E-state index contributed by atoms with van der Waals surface area (Å²) in [5.41, 5.74) is 8.35. The number of benzene rings is 1. The molecule has 2 rings (SSSR count). The zero-order valence-electron chi connectivity index (χ0n) is 13.3. The highest BCUT2D eigenvalue weighted by atomic mass is 35.5. The summed E-state index contributed by atoms with van der Waals surface area (Å²) in [5.74, 6) is 0.520. The standard InChI is InChI=1S/C16H18ClN5OS/c1-11(17)4-3-5-15-12(2)19-10-16(20-15)21-24-22(23)14-8-6-13(18)7-9-14/h3-10,23H,18H2,1-2H3,(H,20,21)/b5-3-,11-4+. The Balaban J connectivity index is 2.03. The molecule has 0 aliphatic carbocycles. The van der Waals surface area contributed by atoms with Crippen molar-refractivity contribution in [3.05, 3.63) is 59.0 Å². The molecule has 0 amide bonds. The number of rotatable bonds is 6. The predicted molar refractivity (Wildman–Crippen MR) is 102 cm³/mol. The third-order valence-electron chi connectivity index (χ3n) is 2.92. The number of nitrogens with two attached hydrogens (primary N) is 1. The lowest BCUT2D eigenvalue weighted by atomic mass is 10.3. The average molecular weight is 364 g/mol. The number of allylic oxidation sites excluding steroid dienone is 3. The number of nitrogens with one attached hydrogen (secondary N) is 1. The van der Waals surface area contributed by atoms with Crippen LogP contribution in [-0.4, -0.2) is 15.2 Å². The molecular weight excluding hydrogens is 346 g/mol. The Morgan fingerprint density at radius 1 is 1.38 bits per heavy atom. The molecule has 0 atom stereocenters. The van der Waals surface area contributed by atoms with Crippen LogP contribution in [0.25, 0.3) is 6.08 Å². The lowest BCUT2D eigenvalue weighted by Crippen LogP contribution is -2.11. The largest absolute Gasteiger partial charge is 0.399 e. The van der Waals surface area contributed by atoms with Crippen LogP contribution in [0.3, 0.4) is 0 Å². The molecular formula is C16H18ClN5OS. The van der Waals surface area contributed by atoms with E-state index in [2.05, 4.69) is 14.7 Å². The fraction of sp³-hybridized carbons (Fsp3) is 0.125. The Morgan fingerprint density at radius 3 is 2.75 bits per heavy atom. The van der Waals surface area contributed by atoms with E-state index in [1.54, 1.807) is 43.5 Å². The molecule has 126 valence electrons. The molecule has 8 heteroatoms. The van der Waals surface area contributed by atoms with Crippen molar-refractivity contribution in [2.45, 2.75) is 13.8 Å². The number of anilines is 3. The molecule has 4 N–H and O–H groups in total. The highest BCUT2D eigenvalue weighted by Crippen LogP contribution is 2.22. The number of nitrogen functional groups attached to an aromatic ring is 1. The fourth-order valence-corrected chi connectivity index (χ4v) is 2.27. The van der Waals surface area contributed by atoms with E-state index in [4.69, 9.17) is 17.3 Å². The Morgan fingerprint density at radius 2 is 2.08 bits per heavy atom. The molecule has 0 aliphatic heterocycles. The Hall–Kier alpha value is -2.22. The van der Waals surface area contributed by atoms with Gasteiger partial charge in [0.1, 0.15) is 0 Å². The maximum atomic E-state index is 10.0. The molecule has 0 unspecified atom stereocenters. The van der Waals surface area contributed by atoms with Crippen molar-refractivity contribution in [2.75, 3.05) is 14.9 Å². The monoisotopic (exact) mass is 363 g/mol. The molecule has 6 nitrogen and oxygen atoms in total. The van der Waals surface area contributed by atoms with E-state index < -0.39 is 0 Å². The number of hydrogen-bond donors (Lipinski definition) is 3. The van der Waals surface area contributed by atoms with E-state index in [1.807, 2.05) is 19.1 Å². The van der Waals surface area contributed by atoms with Crippen molar-refractivity contribution < 1.29 is 5.21 Å². The maximum absolute atomic E-state index is 10.0. The maximum Gasteiger partial charge on any atom is 0.156 e. The first-order valence-corrected chi connectivity index (χ1v) is 8.22. The summed E-state index contributed by atoms with van der Waals surface area (Å²) in [6, 6.07) is 6.83. The van der Waals surface area contributed by atoms with Gasteiger partial charge in [0.15, 0.2) is 5.82 Å². The van der Waals surface area contributed by atoms with E-state index in [9.17, 15) is 5.21 Å². The molecule has 1 heterocycles. The van der Waals surface area contributed by atoms with E-state index in [0.717, 1.165) is 22.3 Å². The second-order valence-electron chi connectivity index (χ2n) is 4.90. The number of aryl methyl sites for hydroxylation is 1. The molecule has 0 radical (unpaired) electrons. The van der Waals surface area contributed by atoms with Crippen molar-refractivity contribution in [1.82, 2.24) is 9.97 Å². The Labute approximate surface area is 150 Å². The van der Waals surface area contributed by atoms with Crippen molar-refractivity contribution in [2.24, 2.45) is 0 Å². The van der Waals surface area contributed by atoms with Gasteiger partial charge >= 0.3 is 0 Å². The predicted octanol–water partition coefficient (Wildman–Crippen LogP) is 4.39. The van der Waals surface area contributed by atoms with Gasteiger partial charge in [0.2, 0.25) is 0 Å². The third-order valence-corrected chi connectivity index (χ3v) is 3.73. The molecule has 1 aromatic carbocycles. The van der Waals surface area contributed by atoms with Crippen LogP contribution in [0.5, 0.6) is 0 Å². The van der Waals surface area contributed by atoms with Gasteiger partial charge < -0.3 is 5.73 Å². The third kappa shape index (κ3) is 5.45. The number of hydrogen-bond acceptors (Lipinski definition) is 7. The molecule has 0 saturated heterocycles. The summed E-state index contributed by atoms with van der Waals surface area (Å²) in [5, 5.41) is 10.7. The first-order chi connectivity index (χ1) is 11.5. The van der Waals surface area contributed by atoms with Crippen LogP contribution in [0, 0.1) is 6.92 Å². The number of aromatic nitrogens is 2. The molecule has 1 aromatic heterocycles. The van der Waals surface area contributed by atoms with Gasteiger partial charge in [-0.3, -0.25) is 14.9 Å². The van der Waals surface area contributed by atoms with Crippen LogP contribution in [0.1, 0.15) is 18.3 Å². The van der Waals surface area contributed by atoms with E-state index in [1.165, 1.54) is 0 Å². The fourth-order valence-electron chi connectivity index (χ4n) is 1.69. The summed E-state index contributed by atoms with van der Waals surface area (Å²) in [6.45, 7) is 3.67. The lowest BCUT2D eigenvalue weighted by molar-refractivity contribution is 0.332. The average Bonchev–Trinajstić information content (AvgIpc) is 2.55. The Bertz CT molecular complexity index is 745. The van der Waals surface area contributed by atoms with Gasteiger partial charge in [-0.1, -0.05) is 17.7 Å². The second-order valence-corrected chi connectivity index (χ2v) is 6.23. The quantitative estimate of drug-likeness (QED) is 0.303. The van der Waals surface area contributed by atoms with Crippen LogP contribution in [0.2, 0.25) is 0 Å². The number of nitrogens with zero attached hydrogens (tertiary/aromatic N) is 3. The molecule has 2 aromatic rings. The summed E-state index contributed by atoms with van der Waals surface area (Å²) in [7, 11) is 0. The van der Waals surface area contributed by atoms with Gasteiger partial charge in [0.25, 0.3) is 0 Å². The second kappa shape index (κ2) is 8.58. The van der Waals surface area contributed by atoms with Crippen LogP contribution in [-0.2, 0) is 0 Å². The van der Waals surface area contributed by atoms with Gasteiger partial charge in [-0.2, -0.15) is 4.47 Å². The minimum absolute atomic E-state index is 0.520. The van der Waals surface area contributed by atoms with Crippen LogP contribution >= 0.6 is 23.7 Å². The molecule has 24 heavy (non-hydrogen) atoms. The molecule has 0 bridgehead atoms. The normalized spacial score (nSPS) is 11.8. The van der Waals surface area contributed by atoms with Crippen molar-refractivity contribution in [3.63, 3.8) is 0 Å². The van der Waals surface area contributed by atoms with Gasteiger partial charge in [-0.05, 0) is 50.3 Å². The zero-order valence-corrected chi connectivity index (χ0v) is 14.8. The topological polar surface area (TPSA) is 87.3 Å². The van der Waals surface area contributed by atoms with Gasteiger partial charge in [0, 0.05) is 10.7 Å². The smallest absolute Gasteiger partial charge is 0.156 e. The summed E-state index contributed by atoms with van der Waals surface area (Å²) in [6.07, 6.45) is 7.00.